The number of hydrogen-bond acceptors (Lipinski definition) is 13. The maximum Gasteiger partial charge on any atom is 0.407 e. The first-order chi connectivity index (χ1) is 18.3. The molecule has 0 bridgehead atoms. The van der Waals surface area contributed by atoms with Gasteiger partial charge in [-0.3, -0.25) is 9.59 Å². The number of hydrogen-bond donors (Lipinski definition) is 2. The second-order valence-electron chi connectivity index (χ2n) is 7.96. The molecule has 2 amide bonds. The van der Waals surface area contributed by atoms with Crippen molar-refractivity contribution in [2.45, 2.75) is 27.2 Å². The van der Waals surface area contributed by atoms with Crippen molar-refractivity contribution < 1.29 is 62.0 Å². The van der Waals surface area contributed by atoms with Crippen LogP contribution in [0.1, 0.15) is 27.2 Å². The third kappa shape index (κ3) is 13.6. The van der Waals surface area contributed by atoms with Gasteiger partial charge in [-0.1, -0.05) is 20.1 Å². The Morgan fingerprint density at radius 2 is 1.13 bits per heavy atom. The lowest BCUT2D eigenvalue weighted by atomic mass is 9.87. The van der Waals surface area contributed by atoms with Gasteiger partial charge >= 0.3 is 36.1 Å². The molecule has 0 radical (unpaired) electrons. The quantitative estimate of drug-likeness (QED) is 0.0816. The summed E-state index contributed by atoms with van der Waals surface area (Å²) in [4.78, 5) is 82.7. The van der Waals surface area contributed by atoms with Crippen molar-refractivity contribution in [3.8, 4) is 0 Å². The number of carbonyl (C=O) groups excluding carboxylic acids is 7. The van der Waals surface area contributed by atoms with Crippen LogP contribution in [0.5, 0.6) is 0 Å². The Balaban J connectivity index is 5.15. The van der Waals surface area contributed by atoms with Crippen molar-refractivity contribution in [1.29, 1.82) is 0 Å². The molecular weight excluding hydrogens is 524 g/mol. The lowest BCUT2D eigenvalue weighted by Crippen LogP contribution is -2.45. The summed E-state index contributed by atoms with van der Waals surface area (Å²) >= 11 is 0. The van der Waals surface area contributed by atoms with Gasteiger partial charge in [0.1, 0.15) is 31.8 Å². The largest absolute Gasteiger partial charge is 0.463 e. The minimum absolute atomic E-state index is 0.0920. The van der Waals surface area contributed by atoms with Gasteiger partial charge in [-0.25, -0.2) is 24.0 Å². The molecule has 15 nitrogen and oxygen atoms in total. The molecule has 0 aliphatic heterocycles. The average molecular weight is 559 g/mol. The number of nitrogens with one attached hydrogen (secondary N) is 2. The fourth-order valence-corrected chi connectivity index (χ4v) is 2.31. The summed E-state index contributed by atoms with van der Waals surface area (Å²) in [6.07, 6.45) is -2.09. The highest BCUT2D eigenvalue weighted by Crippen LogP contribution is 2.26. The normalized spacial score (nSPS) is 10.3. The summed E-state index contributed by atoms with van der Waals surface area (Å²) in [7, 11) is 0.969. The predicted molar refractivity (Wildman–Crippen MR) is 131 cm³/mol. The van der Waals surface area contributed by atoms with E-state index in [1.165, 1.54) is 20.8 Å². The van der Waals surface area contributed by atoms with E-state index in [1.807, 2.05) is 0 Å². The predicted octanol–water partition coefficient (Wildman–Crippen LogP) is 0.359. The minimum Gasteiger partial charge on any atom is -0.463 e. The smallest absolute Gasteiger partial charge is 0.407 e. The average Bonchev–Trinajstić information content (AvgIpc) is 2.91. The van der Waals surface area contributed by atoms with Crippen LogP contribution in [0, 0.1) is 5.41 Å². The molecule has 2 N–H and O–H groups in total. The molecule has 0 aromatic carbocycles. The van der Waals surface area contributed by atoms with Crippen LogP contribution in [0.3, 0.4) is 0 Å². The van der Waals surface area contributed by atoms with Crippen molar-refractivity contribution in [3.05, 3.63) is 24.3 Å². The van der Waals surface area contributed by atoms with E-state index >= 15 is 0 Å². The molecule has 0 fully saturated rings. The maximum atomic E-state index is 12.9. The number of methoxy groups -OCH3 is 1. The molecule has 0 spiro atoms. The van der Waals surface area contributed by atoms with Gasteiger partial charge in [0.25, 0.3) is 5.78 Å². The van der Waals surface area contributed by atoms with E-state index in [2.05, 4.69) is 28.5 Å². The first-order valence-electron chi connectivity index (χ1n) is 11.5. The van der Waals surface area contributed by atoms with Crippen LogP contribution in [-0.2, 0) is 52.4 Å². The van der Waals surface area contributed by atoms with Gasteiger partial charge in [-0.15, -0.1) is 0 Å². The van der Waals surface area contributed by atoms with E-state index in [4.69, 9.17) is 23.7 Å². The zero-order chi connectivity index (χ0) is 30.0. The van der Waals surface area contributed by atoms with E-state index in [0.29, 0.717) is 0 Å². The Morgan fingerprint density at radius 1 is 0.692 bits per heavy atom. The van der Waals surface area contributed by atoms with Gasteiger partial charge < -0.3 is 39.1 Å². The Kier molecular flexibility index (Phi) is 15.9. The third-order valence-corrected chi connectivity index (χ3v) is 4.72. The third-order valence-electron chi connectivity index (χ3n) is 4.72. The molecule has 218 valence electrons. The van der Waals surface area contributed by atoms with Gasteiger partial charge in [0.2, 0.25) is 0 Å². The van der Waals surface area contributed by atoms with E-state index < -0.39 is 67.1 Å². The molecule has 0 rings (SSSR count). The van der Waals surface area contributed by atoms with Crippen LogP contribution in [0.2, 0.25) is 0 Å². The molecule has 0 atom stereocenters. The van der Waals surface area contributed by atoms with Crippen LogP contribution in [-0.4, -0.2) is 95.1 Å². The van der Waals surface area contributed by atoms with E-state index in [9.17, 15) is 33.6 Å². The summed E-state index contributed by atoms with van der Waals surface area (Å²) in [5.41, 5.74) is -1.43. The summed E-state index contributed by atoms with van der Waals surface area (Å²) in [5, 5.41) is 4.60. The molecule has 0 aromatic heterocycles. The van der Waals surface area contributed by atoms with Crippen LogP contribution >= 0.6 is 0 Å². The number of Topliss-reactive ketones (excluding diaryl/α,β-unsaturated/α-hetero) is 1. The number of ketones is 1. The Bertz CT molecular complexity index is 908. The number of esters is 4. The summed E-state index contributed by atoms with van der Waals surface area (Å²) in [6, 6.07) is 0. The molecule has 0 aromatic rings. The second-order valence-corrected chi connectivity index (χ2v) is 7.96. The van der Waals surface area contributed by atoms with Gasteiger partial charge in [0, 0.05) is 11.1 Å². The maximum absolute atomic E-state index is 12.9. The Labute approximate surface area is 225 Å². The van der Waals surface area contributed by atoms with Crippen molar-refractivity contribution in [1.82, 2.24) is 10.6 Å². The summed E-state index contributed by atoms with van der Waals surface area (Å²) in [6.45, 7) is 8.36. The van der Waals surface area contributed by atoms with Crippen LogP contribution < -0.4 is 10.6 Å². The summed E-state index contributed by atoms with van der Waals surface area (Å²) < 4.78 is 28.9. The highest BCUT2D eigenvalue weighted by atomic mass is 16.6. The topological polar surface area (TPSA) is 199 Å². The standard InChI is InChI=1S/C24H34N2O13/c1-7-24(21(31)37-12-17(27)20(30)34-6,13-38-22(32)25-8-10-35-18(28)15(2)3)14-39-23(33)26-9-11-36-19(29)16(4)5/h2,4,7-14H2,1,3,5-6H3,(H,25,32)(H,26,33). The highest BCUT2D eigenvalue weighted by Gasteiger charge is 2.42. The van der Waals surface area contributed by atoms with Gasteiger partial charge in [-0.2, -0.15) is 0 Å². The first-order valence-corrected chi connectivity index (χ1v) is 11.5. The minimum atomic E-state index is -1.77. The van der Waals surface area contributed by atoms with Crippen LogP contribution in [0.25, 0.3) is 0 Å². The van der Waals surface area contributed by atoms with Gasteiger partial charge in [0.15, 0.2) is 6.61 Å². The van der Waals surface area contributed by atoms with Gasteiger partial charge in [0.05, 0.1) is 20.2 Å². The zero-order valence-corrected chi connectivity index (χ0v) is 22.4. The van der Waals surface area contributed by atoms with E-state index in [-0.39, 0.29) is 43.9 Å². The van der Waals surface area contributed by atoms with Crippen LogP contribution in [0.15, 0.2) is 24.3 Å². The van der Waals surface area contributed by atoms with E-state index in [1.54, 1.807) is 0 Å². The molecule has 0 unspecified atom stereocenters. The van der Waals surface area contributed by atoms with Crippen molar-refractivity contribution in [2.24, 2.45) is 5.41 Å². The molecular formula is C24H34N2O13. The van der Waals surface area contributed by atoms with Crippen molar-refractivity contribution in [3.63, 3.8) is 0 Å². The Hall–Kier alpha value is -4.43. The number of carbonyl (C=O) groups is 7. The highest BCUT2D eigenvalue weighted by molar-refractivity contribution is 6.34. The molecule has 0 aliphatic carbocycles. The molecule has 0 saturated carbocycles. The lowest BCUT2D eigenvalue weighted by Gasteiger charge is -2.29. The first kappa shape index (κ1) is 34.6. The van der Waals surface area contributed by atoms with E-state index in [0.717, 1.165) is 7.11 Å². The van der Waals surface area contributed by atoms with Crippen LogP contribution in [0.4, 0.5) is 9.59 Å². The fraction of sp³-hybridized carbons (Fsp3) is 0.542. The number of alkyl carbamates (subject to hydrolysis) is 2. The second kappa shape index (κ2) is 17.9. The molecule has 0 saturated heterocycles. The Morgan fingerprint density at radius 3 is 1.49 bits per heavy atom. The monoisotopic (exact) mass is 558 g/mol. The molecule has 15 heteroatoms. The van der Waals surface area contributed by atoms with Crippen molar-refractivity contribution in [2.75, 3.05) is 53.2 Å². The number of amides is 2. The zero-order valence-electron chi connectivity index (χ0n) is 22.4. The summed E-state index contributed by atoms with van der Waals surface area (Å²) in [5.74, 6) is -4.79. The number of rotatable bonds is 17. The molecule has 39 heavy (non-hydrogen) atoms. The number of ether oxygens (including phenoxy) is 6. The molecule has 0 heterocycles. The SMILES string of the molecule is C=C(C)C(=O)OCCNC(=O)OCC(CC)(COC(=O)NCCOC(=O)C(=C)C)C(=O)OCC(=O)C(=O)OC. The fourth-order valence-electron chi connectivity index (χ4n) is 2.31. The lowest BCUT2D eigenvalue weighted by molar-refractivity contribution is -0.167. The van der Waals surface area contributed by atoms with Gasteiger partial charge in [-0.05, 0) is 20.3 Å². The van der Waals surface area contributed by atoms with Crippen molar-refractivity contribution >= 4 is 41.8 Å². The molecule has 0 aliphatic rings.